The third kappa shape index (κ3) is 1.89. The summed E-state index contributed by atoms with van der Waals surface area (Å²) >= 11 is 9.28. The van der Waals surface area contributed by atoms with Crippen LogP contribution in [0.15, 0.2) is 17.0 Å². The number of halogens is 2. The normalized spacial score (nSPS) is 10.7. The maximum Gasteiger partial charge on any atom is 0.179 e. The lowest BCUT2D eigenvalue weighted by Crippen LogP contribution is -1.98. The SMILES string of the molecule is Cc1nc(-c2cncn2C)nc(Cl)c1Br. The molecule has 0 spiro atoms. The van der Waals surface area contributed by atoms with Gasteiger partial charge in [-0.25, -0.2) is 15.0 Å². The Labute approximate surface area is 100 Å². The zero-order valence-corrected chi connectivity index (χ0v) is 10.5. The van der Waals surface area contributed by atoms with Crippen LogP contribution in [0.5, 0.6) is 0 Å². The molecule has 0 aliphatic rings. The Hall–Kier alpha value is -0.940. The van der Waals surface area contributed by atoms with Crippen LogP contribution in [0.25, 0.3) is 11.5 Å². The average Bonchev–Trinajstić information content (AvgIpc) is 2.60. The molecule has 0 saturated heterocycles. The van der Waals surface area contributed by atoms with Crippen molar-refractivity contribution in [2.45, 2.75) is 6.92 Å². The summed E-state index contributed by atoms with van der Waals surface area (Å²) in [5.74, 6) is 0.584. The van der Waals surface area contributed by atoms with E-state index >= 15 is 0 Å². The summed E-state index contributed by atoms with van der Waals surface area (Å²) < 4.78 is 2.58. The van der Waals surface area contributed by atoms with Crippen LogP contribution in [0.3, 0.4) is 0 Å². The standard InChI is InChI=1S/C9H8BrClN4/c1-5-7(10)8(11)14-9(13-5)6-3-12-4-15(6)2/h3-4H,1-2H3. The monoisotopic (exact) mass is 286 g/mol. The molecule has 0 atom stereocenters. The minimum Gasteiger partial charge on any atom is -0.331 e. The summed E-state index contributed by atoms with van der Waals surface area (Å²) in [4.78, 5) is 12.5. The fourth-order valence-electron chi connectivity index (χ4n) is 1.21. The predicted octanol–water partition coefficient (Wildman–Crippen LogP) is 2.60. The van der Waals surface area contributed by atoms with E-state index in [0.717, 1.165) is 15.9 Å². The van der Waals surface area contributed by atoms with E-state index in [2.05, 4.69) is 30.9 Å². The van der Waals surface area contributed by atoms with Crippen LogP contribution in [-0.2, 0) is 7.05 Å². The van der Waals surface area contributed by atoms with Gasteiger partial charge >= 0.3 is 0 Å². The lowest BCUT2D eigenvalue weighted by molar-refractivity contribution is 0.904. The summed E-state index contributed by atoms with van der Waals surface area (Å²) in [7, 11) is 1.89. The average molecular weight is 288 g/mol. The molecule has 2 aromatic rings. The first-order valence-corrected chi connectivity index (χ1v) is 5.43. The molecule has 15 heavy (non-hydrogen) atoms. The number of imidazole rings is 1. The summed E-state index contributed by atoms with van der Waals surface area (Å²) in [5, 5.41) is 0.415. The quantitative estimate of drug-likeness (QED) is 0.757. The summed E-state index contributed by atoms with van der Waals surface area (Å²) in [6, 6.07) is 0. The van der Waals surface area contributed by atoms with E-state index in [1.807, 2.05) is 18.5 Å². The third-order valence-corrected chi connectivity index (χ3v) is 3.47. The van der Waals surface area contributed by atoms with E-state index in [9.17, 15) is 0 Å². The van der Waals surface area contributed by atoms with Crippen molar-refractivity contribution in [3.63, 3.8) is 0 Å². The number of hydrogen-bond acceptors (Lipinski definition) is 3. The number of hydrogen-bond donors (Lipinski definition) is 0. The van der Waals surface area contributed by atoms with Crippen LogP contribution >= 0.6 is 27.5 Å². The second kappa shape index (κ2) is 3.90. The maximum atomic E-state index is 5.96. The second-order valence-electron chi connectivity index (χ2n) is 3.13. The molecule has 0 fully saturated rings. The zero-order valence-electron chi connectivity index (χ0n) is 8.20. The summed E-state index contributed by atoms with van der Waals surface area (Å²) in [6.07, 6.45) is 3.41. The highest BCUT2D eigenvalue weighted by atomic mass is 79.9. The Kier molecular flexibility index (Phi) is 2.75. The molecular weight excluding hydrogens is 279 g/mol. The van der Waals surface area contributed by atoms with Crippen LogP contribution in [0.4, 0.5) is 0 Å². The predicted molar refractivity (Wildman–Crippen MR) is 61.7 cm³/mol. The molecule has 0 amide bonds. The second-order valence-corrected chi connectivity index (χ2v) is 4.28. The lowest BCUT2D eigenvalue weighted by atomic mass is 10.4. The van der Waals surface area contributed by atoms with E-state index in [0.29, 0.717) is 11.0 Å². The van der Waals surface area contributed by atoms with Gasteiger partial charge in [0.1, 0.15) is 10.8 Å². The molecule has 0 unspecified atom stereocenters. The van der Waals surface area contributed by atoms with Crippen molar-refractivity contribution in [3.8, 4) is 11.5 Å². The molecule has 2 heterocycles. The van der Waals surface area contributed by atoms with Gasteiger partial charge in [-0.05, 0) is 22.9 Å². The van der Waals surface area contributed by atoms with Gasteiger partial charge in [-0.2, -0.15) is 0 Å². The number of nitrogens with zero attached hydrogens (tertiary/aromatic N) is 4. The fraction of sp³-hybridized carbons (Fsp3) is 0.222. The van der Waals surface area contributed by atoms with Crippen LogP contribution in [0.2, 0.25) is 5.15 Å². The minimum atomic E-state index is 0.415. The van der Waals surface area contributed by atoms with Crippen molar-refractivity contribution < 1.29 is 0 Å². The highest BCUT2D eigenvalue weighted by Gasteiger charge is 2.11. The first kappa shape index (κ1) is 10.6. The first-order valence-electron chi connectivity index (χ1n) is 4.26. The summed E-state index contributed by atoms with van der Waals surface area (Å²) in [6.45, 7) is 1.87. The molecule has 0 radical (unpaired) electrons. The van der Waals surface area contributed by atoms with Gasteiger partial charge in [0.15, 0.2) is 5.82 Å². The van der Waals surface area contributed by atoms with E-state index in [1.54, 1.807) is 12.5 Å². The Balaban J connectivity index is 2.60. The van der Waals surface area contributed by atoms with E-state index < -0.39 is 0 Å². The highest BCUT2D eigenvalue weighted by molar-refractivity contribution is 9.10. The van der Waals surface area contributed by atoms with Gasteiger partial charge in [0.05, 0.1) is 22.7 Å². The molecule has 0 saturated carbocycles. The van der Waals surface area contributed by atoms with Crippen molar-refractivity contribution in [1.29, 1.82) is 0 Å². The van der Waals surface area contributed by atoms with E-state index in [4.69, 9.17) is 11.6 Å². The highest BCUT2D eigenvalue weighted by Crippen LogP contribution is 2.25. The number of aryl methyl sites for hydroxylation is 2. The number of aromatic nitrogens is 4. The van der Waals surface area contributed by atoms with Gasteiger partial charge in [-0.15, -0.1) is 0 Å². The van der Waals surface area contributed by atoms with Gasteiger partial charge in [0.25, 0.3) is 0 Å². The van der Waals surface area contributed by atoms with Gasteiger partial charge in [-0.3, -0.25) is 0 Å². The van der Waals surface area contributed by atoms with Gasteiger partial charge < -0.3 is 4.57 Å². The lowest BCUT2D eigenvalue weighted by Gasteiger charge is -2.04. The molecule has 0 aliphatic carbocycles. The maximum absolute atomic E-state index is 5.96. The van der Waals surface area contributed by atoms with Gasteiger partial charge in [0.2, 0.25) is 0 Å². The van der Waals surface area contributed by atoms with Crippen LogP contribution in [0.1, 0.15) is 5.69 Å². The molecule has 0 bridgehead atoms. The Bertz CT molecular complexity index is 486. The summed E-state index contributed by atoms with van der Waals surface area (Å²) in [5.41, 5.74) is 1.65. The van der Waals surface area contributed by atoms with Crippen molar-refractivity contribution in [2.75, 3.05) is 0 Å². The van der Waals surface area contributed by atoms with E-state index in [-0.39, 0.29) is 0 Å². The molecule has 0 aliphatic heterocycles. The van der Waals surface area contributed by atoms with Crippen molar-refractivity contribution in [3.05, 3.63) is 27.8 Å². The zero-order chi connectivity index (χ0) is 11.0. The van der Waals surface area contributed by atoms with Crippen LogP contribution in [0, 0.1) is 6.92 Å². The largest absolute Gasteiger partial charge is 0.331 e. The molecule has 78 valence electrons. The van der Waals surface area contributed by atoms with Crippen molar-refractivity contribution in [2.24, 2.45) is 7.05 Å². The molecular formula is C9H8BrClN4. The van der Waals surface area contributed by atoms with Crippen molar-refractivity contribution >= 4 is 27.5 Å². The fourth-order valence-corrected chi connectivity index (χ4v) is 1.61. The molecule has 0 N–H and O–H groups in total. The Morgan fingerprint density at radius 2 is 2.13 bits per heavy atom. The molecule has 2 rings (SSSR count). The third-order valence-electron chi connectivity index (χ3n) is 2.02. The van der Waals surface area contributed by atoms with Gasteiger partial charge in [0, 0.05) is 7.05 Å². The van der Waals surface area contributed by atoms with E-state index in [1.165, 1.54) is 0 Å². The minimum absolute atomic E-state index is 0.415. The van der Waals surface area contributed by atoms with Crippen LogP contribution < -0.4 is 0 Å². The van der Waals surface area contributed by atoms with Gasteiger partial charge in [-0.1, -0.05) is 11.6 Å². The Morgan fingerprint density at radius 1 is 1.40 bits per heavy atom. The van der Waals surface area contributed by atoms with Crippen molar-refractivity contribution in [1.82, 2.24) is 19.5 Å². The Morgan fingerprint density at radius 3 is 2.67 bits per heavy atom. The molecule has 4 nitrogen and oxygen atoms in total. The molecule has 0 aromatic carbocycles. The first-order chi connectivity index (χ1) is 7.09. The molecule has 6 heteroatoms. The smallest absolute Gasteiger partial charge is 0.179 e. The topological polar surface area (TPSA) is 43.6 Å². The number of rotatable bonds is 1. The van der Waals surface area contributed by atoms with Crippen LogP contribution in [-0.4, -0.2) is 19.5 Å². The molecule has 2 aromatic heterocycles.